The molecule has 1 heterocycles. The van der Waals surface area contributed by atoms with Crippen LogP contribution in [0.5, 0.6) is 0 Å². The topological polar surface area (TPSA) is 150 Å². The molecular weight excluding hydrogens is 556 g/mol. The van der Waals surface area contributed by atoms with Gasteiger partial charge in [0, 0.05) is 53.5 Å². The van der Waals surface area contributed by atoms with Crippen molar-refractivity contribution in [1.82, 2.24) is 15.2 Å². The fourth-order valence-corrected chi connectivity index (χ4v) is 5.59. The molecule has 0 unspecified atom stereocenters. The SMILES string of the molecule is CC(C)(CCn1ccc2cc(C(=O)NCCC(=O)O)ccc21)NC[C@H](O)c1cccc(NS(=O)(=O)c2ccccc2)c1. The van der Waals surface area contributed by atoms with Gasteiger partial charge in [-0.05, 0) is 74.4 Å². The Morgan fingerprint density at radius 1 is 0.976 bits per heavy atom. The van der Waals surface area contributed by atoms with Crippen LogP contribution in [0, 0.1) is 0 Å². The molecule has 5 N–H and O–H groups in total. The number of carbonyl (C=O) groups is 2. The van der Waals surface area contributed by atoms with E-state index < -0.39 is 22.1 Å². The standard InChI is InChI=1S/C31H36N4O6S/c1-31(2,15-18-35-17-14-22-19-24(11-12-27(22)35)30(39)32-16-13-29(37)38)33-21-28(36)23-7-6-8-25(20-23)34-42(40,41)26-9-4-3-5-10-26/h3-12,14,17,19-20,28,33-34,36H,13,15-16,18,21H2,1-2H3,(H,32,39)(H,37,38)/t28-/m0/s1. The molecule has 0 spiro atoms. The highest BCUT2D eigenvalue weighted by atomic mass is 32.2. The monoisotopic (exact) mass is 592 g/mol. The number of amides is 1. The number of hydrogen-bond acceptors (Lipinski definition) is 6. The molecule has 4 rings (SSSR count). The first kappa shape index (κ1) is 30.8. The van der Waals surface area contributed by atoms with Crippen molar-refractivity contribution in [2.45, 2.75) is 49.8 Å². The third-order valence-electron chi connectivity index (χ3n) is 6.99. The molecule has 0 radical (unpaired) electrons. The van der Waals surface area contributed by atoms with Crippen LogP contribution < -0.4 is 15.4 Å². The Balaban J connectivity index is 1.32. The Kier molecular flexibility index (Phi) is 9.66. The number of nitrogens with zero attached hydrogens (tertiary/aromatic N) is 1. The second-order valence-corrected chi connectivity index (χ2v) is 12.4. The van der Waals surface area contributed by atoms with E-state index >= 15 is 0 Å². The van der Waals surface area contributed by atoms with E-state index in [9.17, 15) is 23.1 Å². The summed E-state index contributed by atoms with van der Waals surface area (Å²) in [6.45, 7) is 5.14. The number of aliphatic hydroxyl groups excluding tert-OH is 1. The number of carboxylic acid groups (broad SMARTS) is 1. The Labute approximate surface area is 245 Å². The summed E-state index contributed by atoms with van der Waals surface area (Å²) in [7, 11) is -3.74. The van der Waals surface area contributed by atoms with Crippen LogP contribution in [-0.2, 0) is 21.4 Å². The second kappa shape index (κ2) is 13.2. The van der Waals surface area contributed by atoms with Crippen molar-refractivity contribution in [1.29, 1.82) is 0 Å². The molecule has 42 heavy (non-hydrogen) atoms. The van der Waals surface area contributed by atoms with Crippen molar-refractivity contribution >= 4 is 38.5 Å². The number of aromatic nitrogens is 1. The summed E-state index contributed by atoms with van der Waals surface area (Å²) < 4.78 is 30.0. The number of benzene rings is 3. The number of aliphatic hydroxyl groups is 1. The van der Waals surface area contributed by atoms with Crippen LogP contribution in [0.15, 0.2) is 90.0 Å². The van der Waals surface area contributed by atoms with Crippen LogP contribution in [0.25, 0.3) is 10.9 Å². The van der Waals surface area contributed by atoms with Gasteiger partial charge in [0.25, 0.3) is 15.9 Å². The Morgan fingerprint density at radius 2 is 1.74 bits per heavy atom. The molecule has 1 aromatic heterocycles. The van der Waals surface area contributed by atoms with Crippen LogP contribution in [0.1, 0.15) is 48.7 Å². The highest BCUT2D eigenvalue weighted by Crippen LogP contribution is 2.23. The maximum absolute atomic E-state index is 12.7. The van der Waals surface area contributed by atoms with Crippen LogP contribution in [0.2, 0.25) is 0 Å². The molecule has 11 heteroatoms. The number of fused-ring (bicyclic) bond motifs is 1. The Hall–Kier alpha value is -4.19. The van der Waals surface area contributed by atoms with Gasteiger partial charge in [0.05, 0.1) is 17.4 Å². The van der Waals surface area contributed by atoms with Gasteiger partial charge in [-0.25, -0.2) is 8.42 Å². The lowest BCUT2D eigenvalue weighted by Crippen LogP contribution is -2.42. The molecule has 0 aliphatic carbocycles. The number of nitrogens with one attached hydrogen (secondary N) is 3. The number of carbonyl (C=O) groups excluding carboxylic acids is 1. The number of carboxylic acids is 1. The maximum Gasteiger partial charge on any atom is 0.305 e. The van der Waals surface area contributed by atoms with E-state index in [1.165, 1.54) is 12.1 Å². The summed E-state index contributed by atoms with van der Waals surface area (Å²) in [6, 6.07) is 22.2. The average molecular weight is 593 g/mol. The first-order valence-electron chi connectivity index (χ1n) is 13.6. The summed E-state index contributed by atoms with van der Waals surface area (Å²) in [5.74, 6) is -1.28. The van der Waals surface area contributed by atoms with E-state index in [4.69, 9.17) is 5.11 Å². The first-order valence-corrected chi connectivity index (χ1v) is 15.1. The zero-order valence-electron chi connectivity index (χ0n) is 23.6. The summed E-state index contributed by atoms with van der Waals surface area (Å²) in [6.07, 6.45) is 1.73. The molecule has 0 saturated carbocycles. The lowest BCUT2D eigenvalue weighted by atomic mass is 9.99. The number of rotatable bonds is 14. The van der Waals surface area contributed by atoms with Crippen molar-refractivity contribution in [2.75, 3.05) is 17.8 Å². The normalized spacial score (nSPS) is 12.6. The van der Waals surface area contributed by atoms with Crippen LogP contribution >= 0.6 is 0 Å². The van der Waals surface area contributed by atoms with Crippen molar-refractivity contribution in [2.24, 2.45) is 0 Å². The molecule has 0 saturated heterocycles. The lowest BCUT2D eigenvalue weighted by molar-refractivity contribution is -0.136. The van der Waals surface area contributed by atoms with Gasteiger partial charge >= 0.3 is 5.97 Å². The van der Waals surface area contributed by atoms with Crippen molar-refractivity contribution in [3.63, 3.8) is 0 Å². The fourth-order valence-electron chi connectivity index (χ4n) is 4.52. The minimum Gasteiger partial charge on any atom is -0.481 e. The van der Waals surface area contributed by atoms with Gasteiger partial charge in [-0.15, -0.1) is 0 Å². The zero-order valence-corrected chi connectivity index (χ0v) is 24.4. The largest absolute Gasteiger partial charge is 0.481 e. The third-order valence-corrected chi connectivity index (χ3v) is 8.38. The molecule has 0 aliphatic heterocycles. The summed E-state index contributed by atoms with van der Waals surface area (Å²) in [5.41, 5.74) is 2.08. The Bertz CT molecular complexity index is 1650. The van der Waals surface area contributed by atoms with Gasteiger partial charge in [0.15, 0.2) is 0 Å². The molecule has 222 valence electrons. The molecule has 0 fully saturated rings. The molecule has 4 aromatic rings. The third kappa shape index (κ3) is 8.19. The highest BCUT2D eigenvalue weighted by molar-refractivity contribution is 7.92. The second-order valence-electron chi connectivity index (χ2n) is 10.8. The maximum atomic E-state index is 12.7. The predicted molar refractivity (Wildman–Crippen MR) is 162 cm³/mol. The highest BCUT2D eigenvalue weighted by Gasteiger charge is 2.21. The summed E-state index contributed by atoms with van der Waals surface area (Å²) in [5, 5.41) is 26.5. The van der Waals surface area contributed by atoms with Crippen LogP contribution in [-0.4, -0.2) is 53.7 Å². The smallest absolute Gasteiger partial charge is 0.305 e. The van der Waals surface area contributed by atoms with E-state index in [1.54, 1.807) is 54.6 Å². The number of anilines is 1. The minimum atomic E-state index is -3.74. The van der Waals surface area contributed by atoms with Crippen LogP contribution in [0.4, 0.5) is 5.69 Å². The van der Waals surface area contributed by atoms with Crippen LogP contribution in [0.3, 0.4) is 0 Å². The Morgan fingerprint density at radius 3 is 2.48 bits per heavy atom. The number of aliphatic carboxylic acids is 1. The quantitative estimate of drug-likeness (QED) is 0.148. The van der Waals surface area contributed by atoms with Gasteiger partial charge in [-0.3, -0.25) is 14.3 Å². The molecule has 0 bridgehead atoms. The van der Waals surface area contributed by atoms with E-state index in [0.29, 0.717) is 23.4 Å². The van der Waals surface area contributed by atoms with Gasteiger partial charge in [-0.2, -0.15) is 0 Å². The van der Waals surface area contributed by atoms with Gasteiger partial charge in [0.2, 0.25) is 0 Å². The van der Waals surface area contributed by atoms with Crippen molar-refractivity contribution < 1.29 is 28.2 Å². The molecular formula is C31H36N4O6S. The average Bonchev–Trinajstić information content (AvgIpc) is 3.37. The predicted octanol–water partition coefficient (Wildman–Crippen LogP) is 4.14. The molecule has 10 nitrogen and oxygen atoms in total. The van der Waals surface area contributed by atoms with Crippen molar-refractivity contribution in [3.05, 3.63) is 96.2 Å². The molecule has 0 aliphatic rings. The summed E-state index contributed by atoms with van der Waals surface area (Å²) in [4.78, 5) is 23.2. The number of hydrogen-bond donors (Lipinski definition) is 5. The molecule has 3 aromatic carbocycles. The van der Waals surface area contributed by atoms with E-state index in [1.807, 2.05) is 18.3 Å². The van der Waals surface area contributed by atoms with Crippen molar-refractivity contribution in [3.8, 4) is 0 Å². The fraction of sp³-hybridized carbons (Fsp3) is 0.290. The van der Waals surface area contributed by atoms with E-state index in [-0.39, 0.29) is 35.9 Å². The van der Waals surface area contributed by atoms with Gasteiger partial charge < -0.3 is 25.4 Å². The molecule has 1 atom stereocenters. The van der Waals surface area contributed by atoms with Gasteiger partial charge in [-0.1, -0.05) is 30.3 Å². The number of aryl methyl sites for hydroxylation is 1. The number of sulfonamides is 1. The number of β-amino-alcohol motifs (C(OH)–C–C–N with tert-alkyl or cyclic N) is 1. The van der Waals surface area contributed by atoms with Gasteiger partial charge in [0.1, 0.15) is 0 Å². The first-order chi connectivity index (χ1) is 19.9. The molecule has 1 amide bonds. The van der Waals surface area contributed by atoms with E-state index in [0.717, 1.165) is 17.3 Å². The minimum absolute atomic E-state index is 0.0719. The van der Waals surface area contributed by atoms with E-state index in [2.05, 4.69) is 33.8 Å². The summed E-state index contributed by atoms with van der Waals surface area (Å²) >= 11 is 0. The lowest BCUT2D eigenvalue weighted by Gasteiger charge is -2.28. The zero-order chi connectivity index (χ0) is 30.3.